The third kappa shape index (κ3) is 3.36. The van der Waals surface area contributed by atoms with Crippen LogP contribution < -0.4 is 5.73 Å². The highest BCUT2D eigenvalue weighted by Crippen LogP contribution is 2.37. The van der Waals surface area contributed by atoms with Gasteiger partial charge in [-0.05, 0) is 26.7 Å². The summed E-state index contributed by atoms with van der Waals surface area (Å²) >= 11 is 2.00. The quantitative estimate of drug-likeness (QED) is 0.823. The van der Waals surface area contributed by atoms with Crippen molar-refractivity contribution in [1.29, 1.82) is 0 Å². The standard InChI is InChI=1S/C12H23NO2S/c1-11(2,13)9-16-10-3-5-15-12(7-10)4-6-14-8-12/h10H,3-9,13H2,1-2H3. The van der Waals surface area contributed by atoms with Gasteiger partial charge in [0.05, 0.1) is 12.2 Å². The Morgan fingerprint density at radius 2 is 2.25 bits per heavy atom. The normalized spacial score (nSPS) is 35.8. The smallest absolute Gasteiger partial charge is 0.0947 e. The van der Waals surface area contributed by atoms with Gasteiger partial charge in [0.15, 0.2) is 0 Å². The maximum Gasteiger partial charge on any atom is 0.0947 e. The van der Waals surface area contributed by atoms with Gasteiger partial charge in [0.2, 0.25) is 0 Å². The van der Waals surface area contributed by atoms with Crippen molar-refractivity contribution in [1.82, 2.24) is 0 Å². The number of ether oxygens (including phenoxy) is 2. The van der Waals surface area contributed by atoms with Crippen LogP contribution in [0.25, 0.3) is 0 Å². The second kappa shape index (κ2) is 4.84. The number of rotatable bonds is 3. The van der Waals surface area contributed by atoms with Crippen LogP contribution >= 0.6 is 11.8 Å². The van der Waals surface area contributed by atoms with Crippen molar-refractivity contribution in [2.45, 2.75) is 49.5 Å². The zero-order valence-corrected chi connectivity index (χ0v) is 11.1. The fourth-order valence-corrected chi connectivity index (χ4v) is 3.67. The Kier molecular flexibility index (Phi) is 3.84. The van der Waals surface area contributed by atoms with Crippen LogP contribution in [-0.4, -0.2) is 42.0 Å². The molecule has 0 aromatic rings. The minimum Gasteiger partial charge on any atom is -0.378 e. The maximum absolute atomic E-state index is 6.02. The minimum absolute atomic E-state index is 0.0364. The Morgan fingerprint density at radius 3 is 2.88 bits per heavy atom. The molecule has 0 aromatic carbocycles. The van der Waals surface area contributed by atoms with E-state index in [1.165, 1.54) is 0 Å². The summed E-state index contributed by atoms with van der Waals surface area (Å²) < 4.78 is 11.4. The van der Waals surface area contributed by atoms with Gasteiger partial charge in [0.25, 0.3) is 0 Å². The number of hydrogen-bond donors (Lipinski definition) is 1. The van der Waals surface area contributed by atoms with Crippen LogP contribution in [0.4, 0.5) is 0 Å². The van der Waals surface area contributed by atoms with Crippen LogP contribution in [0.3, 0.4) is 0 Å². The fourth-order valence-electron chi connectivity index (χ4n) is 2.32. The molecule has 0 bridgehead atoms. The third-order valence-corrected chi connectivity index (χ3v) is 4.99. The van der Waals surface area contributed by atoms with Crippen molar-refractivity contribution >= 4 is 11.8 Å². The summed E-state index contributed by atoms with van der Waals surface area (Å²) in [4.78, 5) is 0. The van der Waals surface area contributed by atoms with Gasteiger partial charge in [-0.15, -0.1) is 0 Å². The van der Waals surface area contributed by atoms with Crippen molar-refractivity contribution in [2.24, 2.45) is 5.73 Å². The van der Waals surface area contributed by atoms with Gasteiger partial charge in [-0.1, -0.05) is 0 Å². The molecule has 3 nitrogen and oxygen atoms in total. The minimum atomic E-state index is -0.0672. The summed E-state index contributed by atoms with van der Waals surface area (Å²) in [5, 5.41) is 0.693. The van der Waals surface area contributed by atoms with E-state index in [1.807, 2.05) is 11.8 Å². The summed E-state index contributed by atoms with van der Waals surface area (Å²) in [5.41, 5.74) is 5.99. The van der Waals surface area contributed by atoms with E-state index >= 15 is 0 Å². The first-order chi connectivity index (χ1) is 7.49. The molecule has 2 unspecified atom stereocenters. The number of hydrogen-bond acceptors (Lipinski definition) is 4. The van der Waals surface area contributed by atoms with Crippen LogP contribution in [0.1, 0.15) is 33.1 Å². The topological polar surface area (TPSA) is 44.5 Å². The molecule has 2 fully saturated rings. The lowest BCUT2D eigenvalue weighted by Gasteiger charge is -2.37. The zero-order valence-electron chi connectivity index (χ0n) is 10.3. The van der Waals surface area contributed by atoms with Gasteiger partial charge in [0.1, 0.15) is 0 Å². The molecule has 0 aliphatic carbocycles. The first kappa shape index (κ1) is 12.7. The van der Waals surface area contributed by atoms with Gasteiger partial charge >= 0.3 is 0 Å². The molecule has 1 spiro atoms. The summed E-state index contributed by atoms with van der Waals surface area (Å²) in [6.45, 7) is 6.71. The Hall–Kier alpha value is 0.230. The maximum atomic E-state index is 6.02. The van der Waals surface area contributed by atoms with Gasteiger partial charge in [-0.3, -0.25) is 0 Å². The second-order valence-electron chi connectivity index (χ2n) is 5.75. The highest BCUT2D eigenvalue weighted by molar-refractivity contribution is 8.00. The molecule has 2 atom stereocenters. The van der Waals surface area contributed by atoms with E-state index in [1.54, 1.807) is 0 Å². The number of nitrogens with two attached hydrogens (primary N) is 1. The van der Waals surface area contributed by atoms with Crippen molar-refractivity contribution in [3.05, 3.63) is 0 Å². The highest BCUT2D eigenvalue weighted by atomic mass is 32.2. The highest BCUT2D eigenvalue weighted by Gasteiger charge is 2.41. The van der Waals surface area contributed by atoms with Crippen LogP contribution in [0.15, 0.2) is 0 Å². The van der Waals surface area contributed by atoms with E-state index in [2.05, 4.69) is 13.8 Å². The first-order valence-corrected chi connectivity index (χ1v) is 7.16. The third-order valence-electron chi connectivity index (χ3n) is 3.21. The molecular formula is C12H23NO2S. The molecule has 2 aliphatic rings. The lowest BCUT2D eigenvalue weighted by Crippen LogP contribution is -2.42. The Bertz CT molecular complexity index is 234. The molecule has 16 heavy (non-hydrogen) atoms. The molecule has 0 saturated carbocycles. The van der Waals surface area contributed by atoms with Crippen LogP contribution in [-0.2, 0) is 9.47 Å². The van der Waals surface area contributed by atoms with E-state index in [9.17, 15) is 0 Å². The molecule has 0 radical (unpaired) electrons. The van der Waals surface area contributed by atoms with Crippen molar-refractivity contribution in [3.8, 4) is 0 Å². The summed E-state index contributed by atoms with van der Waals surface area (Å²) in [7, 11) is 0. The molecule has 2 heterocycles. The van der Waals surface area contributed by atoms with E-state index in [0.717, 1.165) is 44.8 Å². The summed E-state index contributed by atoms with van der Waals surface area (Å²) in [5.74, 6) is 1.02. The molecule has 94 valence electrons. The lowest BCUT2D eigenvalue weighted by molar-refractivity contribution is -0.0769. The first-order valence-electron chi connectivity index (χ1n) is 6.11. The monoisotopic (exact) mass is 245 g/mol. The average Bonchev–Trinajstić information content (AvgIpc) is 2.63. The molecular weight excluding hydrogens is 222 g/mol. The molecule has 2 N–H and O–H groups in total. The Labute approximate surface area is 102 Å². The lowest BCUT2D eigenvalue weighted by atomic mass is 9.93. The molecule has 2 saturated heterocycles. The predicted molar refractivity (Wildman–Crippen MR) is 67.9 cm³/mol. The van der Waals surface area contributed by atoms with E-state index < -0.39 is 0 Å². The molecule has 4 heteroatoms. The molecule has 2 rings (SSSR count). The summed E-state index contributed by atoms with van der Waals surface area (Å²) in [6, 6.07) is 0. The Balaban J connectivity index is 1.82. The van der Waals surface area contributed by atoms with Crippen molar-refractivity contribution in [2.75, 3.05) is 25.6 Å². The van der Waals surface area contributed by atoms with Crippen molar-refractivity contribution < 1.29 is 9.47 Å². The van der Waals surface area contributed by atoms with Gasteiger partial charge in [0, 0.05) is 36.2 Å². The average molecular weight is 245 g/mol. The predicted octanol–water partition coefficient (Wildman–Crippen LogP) is 1.80. The summed E-state index contributed by atoms with van der Waals surface area (Å²) in [6.07, 6.45) is 3.35. The van der Waals surface area contributed by atoms with Crippen molar-refractivity contribution in [3.63, 3.8) is 0 Å². The van der Waals surface area contributed by atoms with Gasteiger partial charge in [-0.25, -0.2) is 0 Å². The SMILES string of the molecule is CC(C)(N)CSC1CCOC2(CCOC2)C1. The van der Waals surface area contributed by atoms with Gasteiger partial charge in [-0.2, -0.15) is 11.8 Å². The molecule has 2 aliphatic heterocycles. The second-order valence-corrected chi connectivity index (χ2v) is 7.04. The van der Waals surface area contributed by atoms with E-state index in [-0.39, 0.29) is 11.1 Å². The molecule has 0 amide bonds. The van der Waals surface area contributed by atoms with Crippen LogP contribution in [0.5, 0.6) is 0 Å². The zero-order chi connectivity index (χ0) is 11.6. The van der Waals surface area contributed by atoms with Crippen LogP contribution in [0.2, 0.25) is 0 Å². The Morgan fingerprint density at radius 1 is 1.44 bits per heavy atom. The van der Waals surface area contributed by atoms with Gasteiger partial charge < -0.3 is 15.2 Å². The largest absolute Gasteiger partial charge is 0.378 e. The fraction of sp³-hybridized carbons (Fsp3) is 1.00. The number of thioether (sulfide) groups is 1. The van der Waals surface area contributed by atoms with Crippen LogP contribution in [0, 0.1) is 0 Å². The van der Waals surface area contributed by atoms with E-state index in [4.69, 9.17) is 15.2 Å². The van der Waals surface area contributed by atoms with E-state index in [0.29, 0.717) is 5.25 Å². The molecule has 0 aromatic heterocycles.